The first-order chi connectivity index (χ1) is 5.57. The Morgan fingerprint density at radius 1 is 1.75 bits per heavy atom. The lowest BCUT2D eigenvalue weighted by atomic mass is 9.83. The van der Waals surface area contributed by atoms with Crippen LogP contribution in [0.1, 0.15) is 20.3 Å². The Kier molecular flexibility index (Phi) is 2.35. The smallest absolute Gasteiger partial charge is 0.345 e. The molecule has 1 fully saturated rings. The monoisotopic (exact) mass is 172 g/mol. The quantitative estimate of drug-likeness (QED) is 0.635. The molecule has 1 rings (SSSR count). The fourth-order valence-electron chi connectivity index (χ4n) is 1.32. The first-order valence-corrected chi connectivity index (χ1v) is 4.01. The molecule has 0 aromatic rings. The highest BCUT2D eigenvalue weighted by molar-refractivity contribution is 5.90. The molecule has 0 radical (unpaired) electrons. The van der Waals surface area contributed by atoms with E-state index in [1.54, 1.807) is 0 Å². The Morgan fingerprint density at radius 3 is 2.67 bits per heavy atom. The highest BCUT2D eigenvalue weighted by atomic mass is 16.6. The van der Waals surface area contributed by atoms with Crippen molar-refractivity contribution in [3.8, 4) is 0 Å². The average Bonchev–Trinajstić information content (AvgIpc) is 1.99. The number of carboxylic acids is 1. The lowest BCUT2D eigenvalue weighted by molar-refractivity contribution is -0.200. The molecule has 0 bridgehead atoms. The van der Waals surface area contributed by atoms with Crippen LogP contribution < -0.4 is 0 Å². The van der Waals surface area contributed by atoms with Crippen molar-refractivity contribution >= 4 is 11.9 Å². The van der Waals surface area contributed by atoms with Crippen molar-refractivity contribution in [1.29, 1.82) is 0 Å². The molecule has 0 saturated carbocycles. The van der Waals surface area contributed by atoms with Crippen LogP contribution in [-0.4, -0.2) is 23.1 Å². The Bertz CT molecular complexity index is 211. The van der Waals surface area contributed by atoms with Gasteiger partial charge in [0.25, 0.3) is 0 Å². The van der Waals surface area contributed by atoms with Crippen molar-refractivity contribution in [1.82, 2.24) is 0 Å². The van der Waals surface area contributed by atoms with Gasteiger partial charge in [0.05, 0.1) is 0 Å². The van der Waals surface area contributed by atoms with E-state index in [1.165, 1.54) is 0 Å². The molecule has 0 aliphatic carbocycles. The van der Waals surface area contributed by atoms with Crippen LogP contribution in [0.25, 0.3) is 0 Å². The van der Waals surface area contributed by atoms with Crippen molar-refractivity contribution in [2.24, 2.45) is 11.8 Å². The third-order valence-corrected chi connectivity index (χ3v) is 2.34. The summed E-state index contributed by atoms with van der Waals surface area (Å²) in [6, 6.07) is 0. The van der Waals surface area contributed by atoms with Crippen molar-refractivity contribution in [2.45, 2.75) is 26.4 Å². The van der Waals surface area contributed by atoms with Gasteiger partial charge in [0, 0.05) is 0 Å². The second-order valence-electron chi connectivity index (χ2n) is 3.11. The maximum Gasteiger partial charge on any atom is 0.345 e. The molecule has 12 heavy (non-hydrogen) atoms. The minimum absolute atomic E-state index is 0.0901. The zero-order chi connectivity index (χ0) is 9.30. The standard InChI is InChI=1S/C8H12O4/c1-3-4(2)5-6(7(9)10)12-8(5)11/h4-6H,3H2,1-2H3,(H,9,10)/t4-,5+,6-/m0/s1. The lowest BCUT2D eigenvalue weighted by Gasteiger charge is -2.35. The highest BCUT2D eigenvalue weighted by Gasteiger charge is 2.49. The van der Waals surface area contributed by atoms with Gasteiger partial charge in [-0.1, -0.05) is 20.3 Å². The van der Waals surface area contributed by atoms with Gasteiger partial charge in [-0.3, -0.25) is 4.79 Å². The van der Waals surface area contributed by atoms with Crippen molar-refractivity contribution in [3.63, 3.8) is 0 Å². The molecule has 1 aliphatic heterocycles. The summed E-state index contributed by atoms with van der Waals surface area (Å²) in [4.78, 5) is 21.3. The molecule has 0 spiro atoms. The van der Waals surface area contributed by atoms with E-state index < -0.39 is 18.0 Å². The summed E-state index contributed by atoms with van der Waals surface area (Å²) >= 11 is 0. The Morgan fingerprint density at radius 2 is 2.33 bits per heavy atom. The van der Waals surface area contributed by atoms with E-state index in [-0.39, 0.29) is 11.9 Å². The number of carbonyl (C=O) groups excluding carboxylic acids is 1. The SMILES string of the molecule is CC[C@H](C)[C@H]1C(=O)O[C@@H]1C(=O)O. The number of carbonyl (C=O) groups is 2. The second kappa shape index (κ2) is 3.13. The zero-order valence-electron chi connectivity index (χ0n) is 7.11. The summed E-state index contributed by atoms with van der Waals surface area (Å²) in [6.45, 7) is 3.79. The Balaban J connectivity index is 2.61. The van der Waals surface area contributed by atoms with Gasteiger partial charge in [0.1, 0.15) is 5.92 Å². The normalized spacial score (nSPS) is 30.3. The number of carboxylic acid groups (broad SMARTS) is 1. The molecule has 1 heterocycles. The number of esters is 1. The third-order valence-electron chi connectivity index (χ3n) is 2.34. The fourth-order valence-corrected chi connectivity index (χ4v) is 1.32. The van der Waals surface area contributed by atoms with Gasteiger partial charge in [0.2, 0.25) is 6.10 Å². The van der Waals surface area contributed by atoms with Crippen LogP contribution in [0.3, 0.4) is 0 Å². The van der Waals surface area contributed by atoms with Crippen LogP contribution in [0, 0.1) is 11.8 Å². The Hall–Kier alpha value is -1.06. The predicted octanol–water partition coefficient (Wildman–Crippen LogP) is 0.659. The molecule has 0 aromatic heterocycles. The van der Waals surface area contributed by atoms with Gasteiger partial charge in [0.15, 0.2) is 0 Å². The molecule has 0 aromatic carbocycles. The van der Waals surface area contributed by atoms with E-state index in [2.05, 4.69) is 4.74 Å². The van der Waals surface area contributed by atoms with Crippen LogP contribution >= 0.6 is 0 Å². The zero-order valence-corrected chi connectivity index (χ0v) is 7.11. The third kappa shape index (κ3) is 1.29. The molecular weight excluding hydrogens is 160 g/mol. The van der Waals surface area contributed by atoms with Crippen molar-refractivity contribution in [3.05, 3.63) is 0 Å². The molecule has 1 N–H and O–H groups in total. The summed E-state index contributed by atoms with van der Waals surface area (Å²) in [5.74, 6) is -1.77. The number of cyclic esters (lactones) is 1. The number of aliphatic carboxylic acids is 1. The lowest BCUT2D eigenvalue weighted by Crippen LogP contribution is -2.52. The van der Waals surface area contributed by atoms with Gasteiger partial charge >= 0.3 is 11.9 Å². The predicted molar refractivity (Wildman–Crippen MR) is 40.5 cm³/mol. The summed E-state index contributed by atoms with van der Waals surface area (Å²) in [5.41, 5.74) is 0. The molecule has 4 heteroatoms. The number of ether oxygens (including phenoxy) is 1. The number of hydrogen-bond donors (Lipinski definition) is 1. The van der Waals surface area contributed by atoms with E-state index in [9.17, 15) is 9.59 Å². The number of rotatable bonds is 3. The average molecular weight is 172 g/mol. The van der Waals surface area contributed by atoms with E-state index in [0.29, 0.717) is 0 Å². The van der Waals surface area contributed by atoms with Crippen LogP contribution in [-0.2, 0) is 14.3 Å². The highest BCUT2D eigenvalue weighted by Crippen LogP contribution is 2.31. The minimum Gasteiger partial charge on any atom is -0.478 e. The molecule has 4 nitrogen and oxygen atoms in total. The van der Waals surface area contributed by atoms with Crippen LogP contribution in [0.4, 0.5) is 0 Å². The molecule has 0 unspecified atom stereocenters. The number of hydrogen-bond acceptors (Lipinski definition) is 3. The molecule has 3 atom stereocenters. The van der Waals surface area contributed by atoms with Crippen molar-refractivity contribution in [2.75, 3.05) is 0 Å². The van der Waals surface area contributed by atoms with Crippen molar-refractivity contribution < 1.29 is 19.4 Å². The van der Waals surface area contributed by atoms with E-state index >= 15 is 0 Å². The summed E-state index contributed by atoms with van der Waals surface area (Å²) in [7, 11) is 0. The van der Waals surface area contributed by atoms with Gasteiger partial charge in [-0.15, -0.1) is 0 Å². The van der Waals surface area contributed by atoms with E-state index in [1.807, 2.05) is 13.8 Å². The summed E-state index contributed by atoms with van der Waals surface area (Å²) in [5, 5.41) is 8.59. The molecular formula is C8H12O4. The second-order valence-corrected chi connectivity index (χ2v) is 3.11. The van der Waals surface area contributed by atoms with Gasteiger partial charge in [-0.05, 0) is 5.92 Å². The van der Waals surface area contributed by atoms with E-state index in [0.717, 1.165) is 6.42 Å². The minimum atomic E-state index is -1.04. The van der Waals surface area contributed by atoms with E-state index in [4.69, 9.17) is 5.11 Å². The van der Waals surface area contributed by atoms with Gasteiger partial charge < -0.3 is 9.84 Å². The maximum atomic E-state index is 10.9. The first kappa shape index (κ1) is 9.03. The molecule has 0 amide bonds. The largest absolute Gasteiger partial charge is 0.478 e. The van der Waals surface area contributed by atoms with Crippen LogP contribution in [0.2, 0.25) is 0 Å². The molecule has 1 aliphatic rings. The molecule has 68 valence electrons. The van der Waals surface area contributed by atoms with Gasteiger partial charge in [-0.25, -0.2) is 4.79 Å². The van der Waals surface area contributed by atoms with Crippen LogP contribution in [0.5, 0.6) is 0 Å². The topological polar surface area (TPSA) is 63.6 Å². The van der Waals surface area contributed by atoms with Crippen LogP contribution in [0.15, 0.2) is 0 Å². The maximum absolute atomic E-state index is 10.9. The molecule has 1 saturated heterocycles. The Labute approximate surface area is 70.5 Å². The first-order valence-electron chi connectivity index (χ1n) is 4.01. The summed E-state index contributed by atoms with van der Waals surface area (Å²) < 4.78 is 4.50. The fraction of sp³-hybridized carbons (Fsp3) is 0.750. The summed E-state index contributed by atoms with van der Waals surface area (Å²) in [6.07, 6.45) is -0.115. The van der Waals surface area contributed by atoms with Gasteiger partial charge in [-0.2, -0.15) is 0 Å².